The third-order valence-corrected chi connectivity index (χ3v) is 5.00. The molecule has 114 valence electrons. The van der Waals surface area contributed by atoms with Gasteiger partial charge in [-0.15, -0.1) is 11.3 Å². The van der Waals surface area contributed by atoms with E-state index in [9.17, 15) is 0 Å². The van der Waals surface area contributed by atoms with E-state index in [1.807, 2.05) is 24.3 Å². The van der Waals surface area contributed by atoms with Gasteiger partial charge in [-0.25, -0.2) is 4.98 Å². The third-order valence-electron chi connectivity index (χ3n) is 4.12. The van der Waals surface area contributed by atoms with E-state index in [1.165, 1.54) is 5.69 Å². The van der Waals surface area contributed by atoms with Crippen LogP contribution in [-0.4, -0.2) is 40.5 Å². The molecule has 6 heteroatoms. The number of nitrogens with two attached hydrogens (primary N) is 1. The monoisotopic (exact) mass is 313 g/mol. The quantitative estimate of drug-likeness (QED) is 0.727. The minimum Gasteiger partial charge on any atom is -0.398 e. The Labute approximate surface area is 133 Å². The zero-order valence-electron chi connectivity index (χ0n) is 12.3. The minimum atomic E-state index is 0.775. The first-order valence-corrected chi connectivity index (χ1v) is 8.42. The number of rotatable bonds is 3. The Kier molecular flexibility index (Phi) is 3.57. The first-order valence-electron chi connectivity index (χ1n) is 7.55. The Hall–Kier alpha value is -1.89. The molecule has 3 heterocycles. The van der Waals surface area contributed by atoms with E-state index < -0.39 is 0 Å². The highest BCUT2D eigenvalue weighted by Crippen LogP contribution is 2.27. The Morgan fingerprint density at radius 2 is 2.05 bits per heavy atom. The fourth-order valence-corrected chi connectivity index (χ4v) is 3.77. The van der Waals surface area contributed by atoms with Gasteiger partial charge in [-0.1, -0.05) is 18.2 Å². The summed E-state index contributed by atoms with van der Waals surface area (Å²) in [5.74, 6) is 0. The summed E-state index contributed by atoms with van der Waals surface area (Å²) >= 11 is 1.69. The fraction of sp³-hybridized carbons (Fsp3) is 0.312. The predicted octanol–water partition coefficient (Wildman–Crippen LogP) is 2.05. The number of fused-ring (bicyclic) bond motifs is 1. The van der Waals surface area contributed by atoms with Gasteiger partial charge in [0.25, 0.3) is 0 Å². The average Bonchev–Trinajstić information content (AvgIpc) is 3.11. The number of anilines is 1. The smallest absolute Gasteiger partial charge is 0.194 e. The molecule has 1 fully saturated rings. The van der Waals surface area contributed by atoms with Crippen LogP contribution in [0.3, 0.4) is 0 Å². The number of benzene rings is 1. The number of aromatic nitrogens is 2. The molecule has 1 saturated heterocycles. The lowest BCUT2D eigenvalue weighted by atomic mass is 10.1. The van der Waals surface area contributed by atoms with Gasteiger partial charge in [0.05, 0.1) is 5.69 Å². The Morgan fingerprint density at radius 3 is 2.86 bits per heavy atom. The lowest BCUT2D eigenvalue weighted by molar-refractivity contribution is 0.230. The highest BCUT2D eigenvalue weighted by atomic mass is 32.1. The molecule has 1 aliphatic heterocycles. The second-order valence-corrected chi connectivity index (χ2v) is 6.46. The Morgan fingerprint density at radius 1 is 1.23 bits per heavy atom. The van der Waals surface area contributed by atoms with E-state index in [2.05, 4.69) is 26.2 Å². The van der Waals surface area contributed by atoms with E-state index >= 15 is 0 Å². The second kappa shape index (κ2) is 5.72. The zero-order valence-corrected chi connectivity index (χ0v) is 13.1. The normalized spacial score (nSPS) is 16.4. The first-order chi connectivity index (χ1) is 10.8. The van der Waals surface area contributed by atoms with Crippen LogP contribution in [-0.2, 0) is 6.54 Å². The molecule has 0 amide bonds. The van der Waals surface area contributed by atoms with Gasteiger partial charge in [-0.2, -0.15) is 0 Å². The van der Waals surface area contributed by atoms with Crippen molar-refractivity contribution in [2.45, 2.75) is 6.54 Å². The van der Waals surface area contributed by atoms with Gasteiger partial charge in [0, 0.05) is 61.2 Å². The van der Waals surface area contributed by atoms with Crippen molar-refractivity contribution in [3.05, 3.63) is 41.5 Å². The molecule has 3 aromatic rings. The number of nitrogens with one attached hydrogen (secondary N) is 1. The van der Waals surface area contributed by atoms with Crippen LogP contribution < -0.4 is 11.1 Å². The molecule has 1 aliphatic rings. The van der Waals surface area contributed by atoms with Gasteiger partial charge in [-0.05, 0) is 6.07 Å². The van der Waals surface area contributed by atoms with Gasteiger partial charge >= 0.3 is 0 Å². The van der Waals surface area contributed by atoms with Crippen molar-refractivity contribution in [2.24, 2.45) is 0 Å². The standard InChI is InChI=1S/C16H19N5S/c17-14-4-2-1-3-13(14)15-10-21-12(11-22-16(21)19-15)9-20-7-5-18-6-8-20/h1-4,10-11,18H,5-9,17H2. The molecule has 22 heavy (non-hydrogen) atoms. The largest absolute Gasteiger partial charge is 0.398 e. The van der Waals surface area contributed by atoms with Crippen LogP contribution >= 0.6 is 11.3 Å². The fourth-order valence-electron chi connectivity index (χ4n) is 2.90. The Bertz CT molecular complexity index is 785. The molecule has 5 nitrogen and oxygen atoms in total. The first kappa shape index (κ1) is 13.8. The lowest BCUT2D eigenvalue weighted by Crippen LogP contribution is -2.43. The number of piperazine rings is 1. The maximum absolute atomic E-state index is 6.07. The molecular weight excluding hydrogens is 294 g/mol. The maximum Gasteiger partial charge on any atom is 0.194 e. The average molecular weight is 313 g/mol. The van der Waals surface area contributed by atoms with E-state index in [1.54, 1.807) is 11.3 Å². The van der Waals surface area contributed by atoms with Crippen LogP contribution in [0, 0.1) is 0 Å². The molecule has 0 bridgehead atoms. The molecular formula is C16H19N5S. The van der Waals surface area contributed by atoms with Gasteiger partial charge in [0.15, 0.2) is 4.96 Å². The summed E-state index contributed by atoms with van der Waals surface area (Å²) in [5.41, 5.74) is 10.1. The summed E-state index contributed by atoms with van der Waals surface area (Å²) in [4.78, 5) is 8.24. The molecule has 0 radical (unpaired) electrons. The van der Waals surface area contributed by atoms with E-state index in [4.69, 9.17) is 10.7 Å². The number of thiazole rings is 1. The summed E-state index contributed by atoms with van der Waals surface area (Å²) in [6, 6.07) is 7.90. The van der Waals surface area contributed by atoms with E-state index in [-0.39, 0.29) is 0 Å². The summed E-state index contributed by atoms with van der Waals surface area (Å²) < 4.78 is 2.20. The second-order valence-electron chi connectivity index (χ2n) is 5.62. The highest BCUT2D eigenvalue weighted by molar-refractivity contribution is 7.15. The van der Waals surface area contributed by atoms with E-state index in [0.717, 1.165) is 54.6 Å². The van der Waals surface area contributed by atoms with Gasteiger partial charge in [0.2, 0.25) is 0 Å². The van der Waals surface area contributed by atoms with E-state index in [0.29, 0.717) is 0 Å². The lowest BCUT2D eigenvalue weighted by Gasteiger charge is -2.26. The molecule has 2 aromatic heterocycles. The Balaban J connectivity index is 1.66. The third kappa shape index (κ3) is 2.49. The molecule has 0 unspecified atom stereocenters. The number of hydrogen-bond donors (Lipinski definition) is 2. The number of hydrogen-bond acceptors (Lipinski definition) is 5. The summed E-state index contributed by atoms with van der Waals surface area (Å²) in [5, 5.41) is 5.60. The molecule has 0 atom stereocenters. The van der Waals surface area contributed by atoms with Crippen LogP contribution in [0.25, 0.3) is 16.2 Å². The van der Waals surface area contributed by atoms with Crippen molar-refractivity contribution in [3.8, 4) is 11.3 Å². The van der Waals surface area contributed by atoms with Crippen molar-refractivity contribution in [1.29, 1.82) is 0 Å². The summed E-state index contributed by atoms with van der Waals surface area (Å²) in [6.07, 6.45) is 2.11. The van der Waals surface area contributed by atoms with Crippen molar-refractivity contribution < 1.29 is 0 Å². The van der Waals surface area contributed by atoms with Crippen LogP contribution in [0.4, 0.5) is 5.69 Å². The number of nitrogens with zero attached hydrogens (tertiary/aromatic N) is 3. The van der Waals surface area contributed by atoms with Crippen molar-refractivity contribution in [2.75, 3.05) is 31.9 Å². The summed E-state index contributed by atoms with van der Waals surface area (Å²) in [7, 11) is 0. The number of imidazole rings is 1. The maximum atomic E-state index is 6.07. The minimum absolute atomic E-state index is 0.775. The van der Waals surface area contributed by atoms with Crippen molar-refractivity contribution in [1.82, 2.24) is 19.6 Å². The number of nitrogen functional groups attached to an aromatic ring is 1. The van der Waals surface area contributed by atoms with Crippen LogP contribution in [0.2, 0.25) is 0 Å². The molecule has 0 saturated carbocycles. The molecule has 4 rings (SSSR count). The zero-order chi connectivity index (χ0) is 14.9. The SMILES string of the molecule is Nc1ccccc1-c1cn2c(CN3CCNCC3)csc2n1. The molecule has 0 spiro atoms. The molecule has 1 aromatic carbocycles. The van der Waals surface area contributed by atoms with Crippen LogP contribution in [0.15, 0.2) is 35.8 Å². The highest BCUT2D eigenvalue weighted by Gasteiger charge is 2.15. The van der Waals surface area contributed by atoms with Crippen molar-refractivity contribution in [3.63, 3.8) is 0 Å². The van der Waals surface area contributed by atoms with Crippen LogP contribution in [0.5, 0.6) is 0 Å². The van der Waals surface area contributed by atoms with Gasteiger partial charge < -0.3 is 11.1 Å². The molecule has 0 aliphatic carbocycles. The molecule has 3 N–H and O–H groups in total. The van der Waals surface area contributed by atoms with Crippen LogP contribution in [0.1, 0.15) is 5.69 Å². The van der Waals surface area contributed by atoms with Gasteiger partial charge in [0.1, 0.15) is 0 Å². The predicted molar refractivity (Wildman–Crippen MR) is 91.1 cm³/mol. The number of para-hydroxylation sites is 1. The summed E-state index contributed by atoms with van der Waals surface area (Å²) in [6.45, 7) is 5.32. The topological polar surface area (TPSA) is 58.6 Å². The van der Waals surface area contributed by atoms with Gasteiger partial charge in [-0.3, -0.25) is 9.30 Å². The van der Waals surface area contributed by atoms with Crippen molar-refractivity contribution >= 4 is 22.0 Å².